The van der Waals surface area contributed by atoms with Gasteiger partial charge in [-0.15, -0.1) is 0 Å². The average molecular weight is 253 g/mol. The van der Waals surface area contributed by atoms with Crippen LogP contribution in [-0.2, 0) is 6.18 Å². The molecule has 0 aliphatic heterocycles. The molecule has 1 aliphatic rings. The third kappa shape index (κ3) is 2.37. The van der Waals surface area contributed by atoms with Crippen molar-refractivity contribution in [2.75, 3.05) is 0 Å². The minimum Gasteiger partial charge on any atom is -0.203 e. The monoisotopic (exact) mass is 253 g/mol. The molecular weight excluding hydrogens is 241 g/mol. The first-order valence-corrected chi connectivity index (χ1v) is 5.64. The minimum atomic E-state index is -4.44. The summed E-state index contributed by atoms with van der Waals surface area (Å²) in [5.74, 6) is 0. The second-order valence-corrected chi connectivity index (χ2v) is 4.43. The van der Waals surface area contributed by atoms with Crippen LogP contribution < -0.4 is 0 Å². The van der Waals surface area contributed by atoms with Crippen molar-refractivity contribution in [1.82, 2.24) is 0 Å². The largest absolute Gasteiger partial charge is 0.416 e. The third-order valence-corrected chi connectivity index (χ3v) is 3.22. The molecule has 0 amide bonds. The quantitative estimate of drug-likeness (QED) is 0.585. The maximum atomic E-state index is 12.7. The van der Waals surface area contributed by atoms with E-state index in [-0.39, 0.29) is 11.6 Å². The van der Waals surface area contributed by atoms with E-state index in [0.29, 0.717) is 5.69 Å². The normalized spacial score (nSPS) is 15.9. The lowest BCUT2D eigenvalue weighted by molar-refractivity contribution is -0.491. The third-order valence-electron chi connectivity index (χ3n) is 3.22. The Balaban J connectivity index is 2.41. The van der Waals surface area contributed by atoms with Crippen molar-refractivity contribution in [1.29, 1.82) is 5.26 Å². The van der Waals surface area contributed by atoms with Crippen LogP contribution in [0.3, 0.4) is 0 Å². The zero-order valence-electron chi connectivity index (χ0n) is 9.67. The van der Waals surface area contributed by atoms with E-state index in [0.717, 1.165) is 31.4 Å². The summed E-state index contributed by atoms with van der Waals surface area (Å²) in [6.45, 7) is 3.79. The van der Waals surface area contributed by atoms with E-state index in [1.165, 1.54) is 6.07 Å². The maximum Gasteiger partial charge on any atom is 0.416 e. The molecule has 1 aromatic carbocycles. The fraction of sp³-hybridized carbons (Fsp3) is 0.385. The molecule has 1 aliphatic carbocycles. The Hall–Kier alpha value is -1.83. The van der Waals surface area contributed by atoms with Crippen molar-refractivity contribution < 1.29 is 17.7 Å². The van der Waals surface area contributed by atoms with Gasteiger partial charge in [-0.3, -0.25) is 0 Å². The minimum absolute atomic E-state index is 0.00722. The molecule has 1 saturated carbocycles. The molecule has 5 heteroatoms. The Kier molecular flexibility index (Phi) is 3.12. The maximum absolute atomic E-state index is 12.7. The first-order valence-electron chi connectivity index (χ1n) is 5.64. The number of nitriles is 1. The smallest absolute Gasteiger partial charge is 0.203 e. The number of benzene rings is 1. The second kappa shape index (κ2) is 4.45. The Morgan fingerprint density at radius 1 is 1.28 bits per heavy atom. The van der Waals surface area contributed by atoms with Crippen LogP contribution in [0, 0.1) is 11.3 Å². The van der Waals surface area contributed by atoms with Gasteiger partial charge in [-0.1, -0.05) is 0 Å². The number of alkyl halides is 3. The zero-order chi connectivity index (χ0) is 13.3. The van der Waals surface area contributed by atoms with Gasteiger partial charge >= 0.3 is 6.18 Å². The van der Waals surface area contributed by atoms with Crippen LogP contribution in [0.4, 0.5) is 18.9 Å². The molecule has 0 N–H and O–H groups in total. The van der Waals surface area contributed by atoms with E-state index < -0.39 is 11.7 Å². The number of nitrogens with zero attached hydrogens (tertiary/aromatic N) is 2. The molecule has 2 rings (SSSR count). The summed E-state index contributed by atoms with van der Waals surface area (Å²) in [6, 6.07) is 5.29. The van der Waals surface area contributed by atoms with Crippen molar-refractivity contribution in [3.63, 3.8) is 0 Å². The summed E-state index contributed by atoms with van der Waals surface area (Å²) in [6.07, 6.45) is -1.51. The zero-order valence-corrected chi connectivity index (χ0v) is 9.67. The fourth-order valence-corrected chi connectivity index (χ4v) is 1.91. The molecule has 0 bridgehead atoms. The Labute approximate surface area is 103 Å². The van der Waals surface area contributed by atoms with Gasteiger partial charge in [0.15, 0.2) is 6.04 Å². The molecule has 2 nitrogen and oxygen atoms in total. The lowest BCUT2D eigenvalue weighted by atomic mass is 9.92. The van der Waals surface area contributed by atoms with Crippen LogP contribution in [-0.4, -0.2) is 17.3 Å². The molecule has 0 unspecified atom stereocenters. The van der Waals surface area contributed by atoms with E-state index in [2.05, 4.69) is 6.72 Å². The number of hydrogen-bond acceptors (Lipinski definition) is 1. The summed E-state index contributed by atoms with van der Waals surface area (Å²) in [4.78, 5) is 0. The van der Waals surface area contributed by atoms with Gasteiger partial charge in [0.1, 0.15) is 6.72 Å². The molecule has 1 aromatic rings. The van der Waals surface area contributed by atoms with Gasteiger partial charge in [-0.25, -0.2) is 4.58 Å². The highest BCUT2D eigenvalue weighted by molar-refractivity contribution is 5.46. The summed E-state index contributed by atoms with van der Waals surface area (Å²) in [5, 5.41) is 8.79. The van der Waals surface area contributed by atoms with Crippen LogP contribution >= 0.6 is 0 Å². The van der Waals surface area contributed by atoms with Crippen LogP contribution in [0.5, 0.6) is 0 Å². The van der Waals surface area contributed by atoms with Gasteiger partial charge in [0.25, 0.3) is 0 Å². The number of rotatable bonds is 2. The topological polar surface area (TPSA) is 26.8 Å². The van der Waals surface area contributed by atoms with Gasteiger partial charge in [0.2, 0.25) is 5.69 Å². The van der Waals surface area contributed by atoms with Crippen LogP contribution in [0.15, 0.2) is 18.2 Å². The summed E-state index contributed by atoms with van der Waals surface area (Å²) < 4.78 is 39.7. The molecule has 0 heterocycles. The predicted octanol–water partition coefficient (Wildman–Crippen LogP) is 3.47. The molecule has 18 heavy (non-hydrogen) atoms. The molecular formula is C13H12F3N2+. The fourth-order valence-electron chi connectivity index (χ4n) is 1.91. The lowest BCUT2D eigenvalue weighted by Crippen LogP contribution is -2.28. The summed E-state index contributed by atoms with van der Waals surface area (Å²) in [7, 11) is 0. The Morgan fingerprint density at radius 2 is 1.94 bits per heavy atom. The Morgan fingerprint density at radius 3 is 2.39 bits per heavy atom. The van der Waals surface area contributed by atoms with E-state index in [1.807, 2.05) is 0 Å². The molecule has 0 spiro atoms. The highest BCUT2D eigenvalue weighted by atomic mass is 19.4. The SMILES string of the molecule is C=[N+](c1cc(C#N)cc(C(F)(F)F)c1)C1CCC1. The molecule has 0 atom stereocenters. The van der Waals surface area contributed by atoms with E-state index in [1.54, 1.807) is 10.6 Å². The number of hydrogen-bond donors (Lipinski definition) is 0. The second-order valence-electron chi connectivity index (χ2n) is 4.43. The molecule has 0 radical (unpaired) electrons. The van der Waals surface area contributed by atoms with Crippen molar-refractivity contribution in [2.24, 2.45) is 0 Å². The van der Waals surface area contributed by atoms with Crippen molar-refractivity contribution in [2.45, 2.75) is 31.5 Å². The van der Waals surface area contributed by atoms with Gasteiger partial charge < -0.3 is 0 Å². The van der Waals surface area contributed by atoms with E-state index >= 15 is 0 Å². The van der Waals surface area contributed by atoms with Crippen molar-refractivity contribution in [3.05, 3.63) is 29.3 Å². The van der Waals surface area contributed by atoms with Gasteiger partial charge in [0.05, 0.1) is 17.2 Å². The van der Waals surface area contributed by atoms with Crippen LogP contribution in [0.1, 0.15) is 30.4 Å². The van der Waals surface area contributed by atoms with Gasteiger partial charge in [0, 0.05) is 25.0 Å². The molecule has 1 fully saturated rings. The standard InChI is InChI=1S/C13H12F3N2/c1-18(11-3-2-4-11)12-6-9(8-17)5-10(7-12)13(14,15)16/h5-7,11H,1-4H2/q+1. The highest BCUT2D eigenvalue weighted by Gasteiger charge is 2.34. The molecule has 0 aromatic heterocycles. The lowest BCUT2D eigenvalue weighted by Gasteiger charge is -2.22. The van der Waals surface area contributed by atoms with Gasteiger partial charge in [-0.2, -0.15) is 18.4 Å². The van der Waals surface area contributed by atoms with Gasteiger partial charge in [-0.05, 0) is 12.5 Å². The van der Waals surface area contributed by atoms with Crippen molar-refractivity contribution in [3.8, 4) is 6.07 Å². The average Bonchev–Trinajstić information content (AvgIpc) is 2.24. The van der Waals surface area contributed by atoms with E-state index in [4.69, 9.17) is 5.26 Å². The summed E-state index contributed by atoms with van der Waals surface area (Å²) in [5.41, 5.74) is -0.441. The molecule has 94 valence electrons. The summed E-state index contributed by atoms with van der Waals surface area (Å²) >= 11 is 0. The highest BCUT2D eigenvalue weighted by Crippen LogP contribution is 2.34. The molecule has 0 saturated heterocycles. The van der Waals surface area contributed by atoms with Crippen LogP contribution in [0.2, 0.25) is 0 Å². The number of halogens is 3. The Bertz CT molecular complexity index is 522. The van der Waals surface area contributed by atoms with Crippen LogP contribution in [0.25, 0.3) is 0 Å². The van der Waals surface area contributed by atoms with E-state index in [9.17, 15) is 13.2 Å². The first-order chi connectivity index (χ1) is 8.41. The predicted molar refractivity (Wildman–Crippen MR) is 60.8 cm³/mol. The first kappa shape index (κ1) is 12.6. The van der Waals surface area contributed by atoms with Crippen molar-refractivity contribution >= 4 is 12.4 Å².